The van der Waals surface area contributed by atoms with E-state index < -0.39 is 17.3 Å². The lowest BCUT2D eigenvalue weighted by Crippen LogP contribution is -2.19. The molecule has 0 bridgehead atoms. The fourth-order valence-corrected chi connectivity index (χ4v) is 1.63. The summed E-state index contributed by atoms with van der Waals surface area (Å²) in [5, 5.41) is 0. The largest absolute Gasteiger partial charge is 0.462 e. The monoisotopic (exact) mass is 259 g/mol. The van der Waals surface area contributed by atoms with Crippen LogP contribution in [0.2, 0.25) is 0 Å². The van der Waals surface area contributed by atoms with Crippen molar-refractivity contribution in [2.24, 2.45) is 5.73 Å². The van der Waals surface area contributed by atoms with Crippen molar-refractivity contribution in [3.8, 4) is 0 Å². The molecule has 0 radical (unpaired) electrons. The second-order valence-electron chi connectivity index (χ2n) is 4.11. The minimum atomic E-state index is -0.507. The highest BCUT2D eigenvalue weighted by atomic mass is 35.5. The highest BCUT2D eigenvalue weighted by Crippen LogP contribution is 2.43. The maximum absolute atomic E-state index is 13.3. The van der Waals surface area contributed by atoms with Gasteiger partial charge in [-0.05, 0) is 43.5 Å². The van der Waals surface area contributed by atoms with Gasteiger partial charge in [-0.3, -0.25) is 0 Å². The first kappa shape index (κ1) is 13.9. The average molecular weight is 260 g/mol. The summed E-state index contributed by atoms with van der Waals surface area (Å²) in [6.07, 6.45) is 1.66. The summed E-state index contributed by atoms with van der Waals surface area (Å²) in [6.45, 7) is 1.99. The maximum Gasteiger partial charge on any atom is 0.338 e. The molecular weight excluding hydrogens is 245 g/mol. The number of hydrogen-bond donors (Lipinski definition) is 1. The molecule has 1 aromatic carbocycles. The van der Waals surface area contributed by atoms with Crippen molar-refractivity contribution in [2.75, 3.05) is 6.61 Å². The molecule has 0 saturated heterocycles. The zero-order valence-electron chi connectivity index (χ0n) is 9.53. The number of halogens is 2. The molecule has 2 rings (SSSR count). The minimum absolute atomic E-state index is 0. The van der Waals surface area contributed by atoms with E-state index in [-0.39, 0.29) is 24.6 Å². The number of rotatable bonds is 3. The summed E-state index contributed by atoms with van der Waals surface area (Å²) >= 11 is 0. The third-order valence-electron chi connectivity index (χ3n) is 2.77. The molecule has 1 aliphatic carbocycles. The minimum Gasteiger partial charge on any atom is -0.462 e. The van der Waals surface area contributed by atoms with Crippen LogP contribution in [-0.2, 0) is 10.3 Å². The molecule has 0 heterocycles. The summed E-state index contributed by atoms with van der Waals surface area (Å²) in [7, 11) is 0. The molecule has 3 nitrogen and oxygen atoms in total. The van der Waals surface area contributed by atoms with Crippen molar-refractivity contribution in [2.45, 2.75) is 25.3 Å². The van der Waals surface area contributed by atoms with E-state index in [2.05, 4.69) is 0 Å². The number of carbonyl (C=O) groups excluding carboxylic acids is 1. The lowest BCUT2D eigenvalue weighted by molar-refractivity contribution is 0.0525. The van der Waals surface area contributed by atoms with Crippen LogP contribution in [0, 0.1) is 5.82 Å². The Kier molecular flexibility index (Phi) is 4.11. The van der Waals surface area contributed by atoms with Crippen LogP contribution in [0.3, 0.4) is 0 Å². The number of carbonyl (C=O) groups is 1. The molecule has 0 spiro atoms. The standard InChI is InChI=1S/C12H14FNO2.ClH/c1-2-16-11(15)8-5-9(7-10(13)6-8)12(14)3-4-12;/h5-7H,2-4,14H2,1H3;1H. The molecule has 5 heteroatoms. The van der Waals surface area contributed by atoms with Gasteiger partial charge in [0.05, 0.1) is 12.2 Å². The fraction of sp³-hybridized carbons (Fsp3) is 0.417. The normalized spacial score (nSPS) is 15.9. The third-order valence-corrected chi connectivity index (χ3v) is 2.77. The van der Waals surface area contributed by atoms with E-state index >= 15 is 0 Å². The summed E-state index contributed by atoms with van der Waals surface area (Å²) < 4.78 is 18.1. The zero-order chi connectivity index (χ0) is 11.8. The van der Waals surface area contributed by atoms with E-state index in [4.69, 9.17) is 10.5 Å². The maximum atomic E-state index is 13.3. The van der Waals surface area contributed by atoms with Crippen LogP contribution in [-0.4, -0.2) is 12.6 Å². The Bertz CT molecular complexity index is 433. The lowest BCUT2D eigenvalue weighted by Gasteiger charge is -2.11. The van der Waals surface area contributed by atoms with Crippen LogP contribution >= 0.6 is 12.4 Å². The lowest BCUT2D eigenvalue weighted by atomic mass is 10.0. The van der Waals surface area contributed by atoms with E-state index in [1.54, 1.807) is 13.0 Å². The van der Waals surface area contributed by atoms with Crippen molar-refractivity contribution in [1.82, 2.24) is 0 Å². The van der Waals surface area contributed by atoms with Crippen molar-refractivity contribution in [1.29, 1.82) is 0 Å². The van der Waals surface area contributed by atoms with E-state index in [1.807, 2.05) is 0 Å². The zero-order valence-corrected chi connectivity index (χ0v) is 10.3. The molecule has 1 aromatic rings. The number of nitrogens with two attached hydrogens (primary N) is 1. The quantitative estimate of drug-likeness (QED) is 0.848. The molecule has 0 unspecified atom stereocenters. The van der Waals surface area contributed by atoms with Crippen LogP contribution in [0.4, 0.5) is 4.39 Å². The molecule has 17 heavy (non-hydrogen) atoms. The molecular formula is C12H15ClFNO2. The van der Waals surface area contributed by atoms with Gasteiger partial charge in [0.2, 0.25) is 0 Å². The highest BCUT2D eigenvalue weighted by molar-refractivity contribution is 5.89. The van der Waals surface area contributed by atoms with Crippen LogP contribution in [0.15, 0.2) is 18.2 Å². The Morgan fingerprint density at radius 2 is 2.12 bits per heavy atom. The van der Waals surface area contributed by atoms with Gasteiger partial charge in [0.1, 0.15) is 5.82 Å². The Hall–Kier alpha value is -1.13. The molecule has 0 amide bonds. The van der Waals surface area contributed by atoms with Gasteiger partial charge >= 0.3 is 5.97 Å². The summed E-state index contributed by atoms with van der Waals surface area (Å²) in [6, 6.07) is 4.18. The molecule has 0 aliphatic heterocycles. The average Bonchev–Trinajstić information content (AvgIpc) is 2.97. The predicted octanol–water partition coefficient (Wildman–Crippen LogP) is 2.37. The van der Waals surface area contributed by atoms with Crippen molar-refractivity contribution in [3.63, 3.8) is 0 Å². The van der Waals surface area contributed by atoms with Gasteiger partial charge in [-0.25, -0.2) is 9.18 Å². The van der Waals surface area contributed by atoms with Gasteiger partial charge in [0.25, 0.3) is 0 Å². The van der Waals surface area contributed by atoms with Crippen LogP contribution in [0.5, 0.6) is 0 Å². The second kappa shape index (κ2) is 5.02. The molecule has 0 atom stereocenters. The van der Waals surface area contributed by atoms with Crippen molar-refractivity contribution in [3.05, 3.63) is 35.1 Å². The van der Waals surface area contributed by atoms with Gasteiger partial charge in [-0.15, -0.1) is 12.4 Å². The van der Waals surface area contributed by atoms with Gasteiger partial charge < -0.3 is 10.5 Å². The highest BCUT2D eigenvalue weighted by Gasteiger charge is 2.40. The summed E-state index contributed by atoms with van der Waals surface area (Å²) in [4.78, 5) is 11.5. The Morgan fingerprint density at radius 3 is 2.65 bits per heavy atom. The van der Waals surface area contributed by atoms with Gasteiger partial charge in [0.15, 0.2) is 0 Å². The first-order valence-corrected chi connectivity index (χ1v) is 5.32. The van der Waals surface area contributed by atoms with Gasteiger partial charge in [-0.2, -0.15) is 0 Å². The van der Waals surface area contributed by atoms with Gasteiger partial charge in [0, 0.05) is 5.54 Å². The van der Waals surface area contributed by atoms with E-state index in [1.165, 1.54) is 12.1 Å². The summed E-state index contributed by atoms with van der Waals surface area (Å²) in [5.41, 5.74) is 6.43. The van der Waals surface area contributed by atoms with Gasteiger partial charge in [-0.1, -0.05) is 0 Å². The smallest absolute Gasteiger partial charge is 0.338 e. The molecule has 0 aromatic heterocycles. The number of ether oxygens (including phenoxy) is 1. The first-order valence-electron chi connectivity index (χ1n) is 5.32. The molecule has 2 N–H and O–H groups in total. The Morgan fingerprint density at radius 1 is 1.47 bits per heavy atom. The molecule has 94 valence electrons. The van der Waals surface area contributed by atoms with E-state index in [9.17, 15) is 9.18 Å². The van der Waals surface area contributed by atoms with E-state index in [0.717, 1.165) is 12.8 Å². The Balaban J connectivity index is 0.00000144. The molecule has 1 aliphatic rings. The second-order valence-corrected chi connectivity index (χ2v) is 4.11. The van der Waals surface area contributed by atoms with Crippen molar-refractivity contribution >= 4 is 18.4 Å². The first-order chi connectivity index (χ1) is 7.55. The number of benzene rings is 1. The topological polar surface area (TPSA) is 52.3 Å². The fourth-order valence-electron chi connectivity index (χ4n) is 1.63. The molecule has 1 fully saturated rings. The SMILES string of the molecule is CCOC(=O)c1cc(F)cc(C2(N)CC2)c1.Cl. The molecule has 1 saturated carbocycles. The van der Waals surface area contributed by atoms with Crippen LogP contribution in [0.1, 0.15) is 35.7 Å². The van der Waals surface area contributed by atoms with Crippen molar-refractivity contribution < 1.29 is 13.9 Å². The predicted molar refractivity (Wildman–Crippen MR) is 64.7 cm³/mol. The van der Waals surface area contributed by atoms with Crippen LogP contribution < -0.4 is 5.73 Å². The van der Waals surface area contributed by atoms with E-state index in [0.29, 0.717) is 5.56 Å². The number of hydrogen-bond acceptors (Lipinski definition) is 3. The third kappa shape index (κ3) is 2.96. The number of esters is 1. The Labute approximate surface area is 106 Å². The summed E-state index contributed by atoms with van der Waals surface area (Å²) in [5.74, 6) is -0.954. The van der Waals surface area contributed by atoms with Crippen LogP contribution in [0.25, 0.3) is 0 Å².